The summed E-state index contributed by atoms with van der Waals surface area (Å²) in [5, 5.41) is 6.72. The zero-order valence-corrected chi connectivity index (χ0v) is 26.4. The second-order valence-electron chi connectivity index (χ2n) is 14.0. The Morgan fingerprint density at radius 3 is 2.70 bits per heavy atom. The van der Waals surface area contributed by atoms with Gasteiger partial charge < -0.3 is 29.9 Å². The predicted octanol–water partition coefficient (Wildman–Crippen LogP) is 4.24. The van der Waals surface area contributed by atoms with Crippen molar-refractivity contribution in [3.05, 3.63) is 29.1 Å². The molecule has 0 radical (unpaired) electrons. The van der Waals surface area contributed by atoms with E-state index in [0.717, 1.165) is 37.9 Å². The normalized spacial score (nSPS) is 27.0. The maximum atomic E-state index is 14.3. The summed E-state index contributed by atoms with van der Waals surface area (Å²) in [5.74, 6) is -0.666. The summed E-state index contributed by atoms with van der Waals surface area (Å²) in [6.45, 7) is 10.5. The van der Waals surface area contributed by atoms with Gasteiger partial charge in [0.05, 0.1) is 24.2 Å². The molecule has 1 aromatic rings. The molecule has 3 unspecified atom stereocenters. The first-order valence-corrected chi connectivity index (χ1v) is 15.3. The molecule has 5 atom stereocenters. The van der Waals surface area contributed by atoms with Crippen LogP contribution in [0.25, 0.3) is 0 Å². The average molecular weight is 612 g/mol. The molecule has 242 valence electrons. The molecule has 0 aromatic carbocycles. The summed E-state index contributed by atoms with van der Waals surface area (Å²) in [7, 11) is 3.38. The van der Waals surface area contributed by atoms with Crippen LogP contribution in [0.3, 0.4) is 0 Å². The number of hydrogen-bond acceptors (Lipinski definition) is 6. The minimum Gasteiger partial charge on any atom is -0.379 e. The van der Waals surface area contributed by atoms with Crippen LogP contribution in [-0.4, -0.2) is 91.9 Å². The molecule has 0 bridgehead atoms. The molecule has 3 aliphatic rings. The highest BCUT2D eigenvalue weighted by Crippen LogP contribution is 2.46. The standard InChI is InChI=1S/C31H48F3N5O4/c1-29(2,3)19-36-28(41)38(5)17-23(30(4)10-7-22(14-30)37-25-9-12-43-18-26(25)42-6)27(40)39-11-8-24-20(16-39)13-21(15-35-24)31(32,33)34/h13,15,22-23,25-26,37H,7-12,14,16-19H2,1-6H3,(H,36,41)/t22-,23?,25?,26?,30+/m0/s1. The number of aromatic nitrogens is 1. The Balaban J connectivity index is 1.53. The largest absolute Gasteiger partial charge is 0.417 e. The molecule has 1 saturated carbocycles. The number of fused-ring (bicyclic) bond motifs is 1. The molecule has 1 aliphatic carbocycles. The van der Waals surface area contributed by atoms with E-state index in [1.807, 2.05) is 20.8 Å². The van der Waals surface area contributed by atoms with Gasteiger partial charge in [-0.25, -0.2) is 4.79 Å². The van der Waals surface area contributed by atoms with Crippen LogP contribution in [0.1, 0.15) is 70.2 Å². The second kappa shape index (κ2) is 13.3. The van der Waals surface area contributed by atoms with Gasteiger partial charge in [-0.15, -0.1) is 0 Å². The van der Waals surface area contributed by atoms with E-state index in [1.165, 1.54) is 0 Å². The van der Waals surface area contributed by atoms with Crippen LogP contribution in [-0.2, 0) is 33.4 Å². The molecule has 3 heterocycles. The summed E-state index contributed by atoms with van der Waals surface area (Å²) in [4.78, 5) is 34.7. The second-order valence-corrected chi connectivity index (χ2v) is 14.0. The van der Waals surface area contributed by atoms with Gasteiger partial charge in [-0.05, 0) is 48.1 Å². The van der Waals surface area contributed by atoms with Crippen molar-refractivity contribution in [3.63, 3.8) is 0 Å². The molecule has 43 heavy (non-hydrogen) atoms. The monoisotopic (exact) mass is 611 g/mol. The summed E-state index contributed by atoms with van der Waals surface area (Å²) >= 11 is 0. The van der Waals surface area contributed by atoms with Crippen molar-refractivity contribution in [1.29, 1.82) is 0 Å². The van der Waals surface area contributed by atoms with Crippen LogP contribution in [0.4, 0.5) is 18.0 Å². The van der Waals surface area contributed by atoms with E-state index in [9.17, 15) is 22.8 Å². The first-order chi connectivity index (χ1) is 20.1. The highest BCUT2D eigenvalue weighted by molar-refractivity contribution is 5.81. The van der Waals surface area contributed by atoms with Gasteiger partial charge in [0, 0.05) is 77.3 Å². The lowest BCUT2D eigenvalue weighted by atomic mass is 9.74. The fraction of sp³-hybridized carbons (Fsp3) is 0.774. The van der Waals surface area contributed by atoms with E-state index >= 15 is 0 Å². The van der Waals surface area contributed by atoms with Crippen molar-refractivity contribution in [2.75, 3.05) is 47.0 Å². The van der Waals surface area contributed by atoms with Gasteiger partial charge in [0.2, 0.25) is 5.91 Å². The third-order valence-electron chi connectivity index (χ3n) is 9.22. The lowest BCUT2D eigenvalue weighted by molar-refractivity contribution is -0.141. The number of urea groups is 1. The van der Waals surface area contributed by atoms with Crippen LogP contribution in [0.5, 0.6) is 0 Å². The zero-order chi connectivity index (χ0) is 31.6. The molecule has 1 saturated heterocycles. The van der Waals surface area contributed by atoms with Crippen molar-refractivity contribution < 1.29 is 32.2 Å². The minimum absolute atomic E-state index is 0.0423. The first kappa shape index (κ1) is 33.5. The van der Waals surface area contributed by atoms with Crippen LogP contribution >= 0.6 is 0 Å². The molecule has 1 aromatic heterocycles. The fourth-order valence-corrected chi connectivity index (χ4v) is 6.59. The number of methoxy groups -OCH3 is 1. The molecule has 9 nitrogen and oxygen atoms in total. The Hall–Kier alpha value is -2.44. The molecule has 2 fully saturated rings. The topological polar surface area (TPSA) is 96.0 Å². The quantitative estimate of drug-likeness (QED) is 0.457. The number of nitrogens with one attached hydrogen (secondary N) is 2. The number of rotatable bonds is 8. The summed E-state index contributed by atoms with van der Waals surface area (Å²) in [6.07, 6.45) is -0.0740. The number of pyridine rings is 1. The SMILES string of the molecule is COC1COCCC1N[C@H]1CC[C@@](C)(C(CN(C)C(=O)NCC(C)(C)C)C(=O)N2CCc3ncc(C(F)(F)F)cc3C2)C1. The molecular weight excluding hydrogens is 563 g/mol. The van der Waals surface area contributed by atoms with Gasteiger partial charge in [-0.2, -0.15) is 13.2 Å². The number of alkyl halides is 3. The van der Waals surface area contributed by atoms with Gasteiger partial charge in [0.1, 0.15) is 0 Å². The van der Waals surface area contributed by atoms with Crippen molar-refractivity contribution in [1.82, 2.24) is 25.4 Å². The Morgan fingerprint density at radius 1 is 1.28 bits per heavy atom. The molecule has 4 rings (SSSR count). The molecule has 12 heteroatoms. The Labute approximate surface area is 253 Å². The lowest BCUT2D eigenvalue weighted by Gasteiger charge is -2.40. The molecule has 0 spiro atoms. The fourth-order valence-electron chi connectivity index (χ4n) is 6.59. The van der Waals surface area contributed by atoms with Gasteiger partial charge in [-0.1, -0.05) is 27.7 Å². The van der Waals surface area contributed by atoms with Gasteiger partial charge in [0.15, 0.2) is 0 Å². The lowest BCUT2D eigenvalue weighted by Crippen LogP contribution is -2.52. The molecular formula is C31H48F3N5O4. The third-order valence-corrected chi connectivity index (χ3v) is 9.22. The predicted molar refractivity (Wildman–Crippen MR) is 156 cm³/mol. The van der Waals surface area contributed by atoms with Crippen LogP contribution in [0.15, 0.2) is 12.3 Å². The zero-order valence-electron chi connectivity index (χ0n) is 26.4. The Bertz CT molecular complexity index is 1140. The van der Waals surface area contributed by atoms with Gasteiger partial charge in [-0.3, -0.25) is 9.78 Å². The number of carbonyl (C=O) groups is 2. The number of nitrogens with zero attached hydrogens (tertiary/aromatic N) is 3. The van der Waals surface area contributed by atoms with E-state index < -0.39 is 23.1 Å². The summed E-state index contributed by atoms with van der Waals surface area (Å²) < 4.78 is 51.5. The van der Waals surface area contributed by atoms with Crippen molar-refractivity contribution in [2.24, 2.45) is 16.7 Å². The van der Waals surface area contributed by atoms with Crippen molar-refractivity contribution in [3.8, 4) is 0 Å². The smallest absolute Gasteiger partial charge is 0.379 e. The van der Waals surface area contributed by atoms with E-state index in [1.54, 1.807) is 24.0 Å². The van der Waals surface area contributed by atoms with Crippen LogP contribution in [0.2, 0.25) is 0 Å². The molecule has 3 amide bonds. The number of hydrogen-bond donors (Lipinski definition) is 2. The van der Waals surface area contributed by atoms with E-state index in [-0.39, 0.29) is 48.6 Å². The third kappa shape index (κ3) is 8.39. The van der Waals surface area contributed by atoms with Gasteiger partial charge >= 0.3 is 12.2 Å². The highest BCUT2D eigenvalue weighted by atomic mass is 19.4. The van der Waals surface area contributed by atoms with Crippen molar-refractivity contribution >= 4 is 11.9 Å². The average Bonchev–Trinajstić information content (AvgIpc) is 3.33. The number of ether oxygens (including phenoxy) is 2. The van der Waals surface area contributed by atoms with Gasteiger partial charge in [0.25, 0.3) is 0 Å². The van der Waals surface area contributed by atoms with E-state index in [4.69, 9.17) is 9.47 Å². The van der Waals surface area contributed by atoms with Crippen LogP contribution in [0, 0.1) is 16.7 Å². The highest BCUT2D eigenvalue weighted by Gasteiger charge is 2.48. The summed E-state index contributed by atoms with van der Waals surface area (Å²) in [5.41, 5.74) is -0.325. The first-order valence-electron chi connectivity index (χ1n) is 15.3. The van der Waals surface area contributed by atoms with E-state index in [2.05, 4.69) is 22.5 Å². The van der Waals surface area contributed by atoms with Crippen LogP contribution < -0.4 is 10.6 Å². The number of carbonyl (C=O) groups excluding carboxylic acids is 2. The van der Waals surface area contributed by atoms with Crippen molar-refractivity contribution in [2.45, 2.75) is 90.7 Å². The van der Waals surface area contributed by atoms with E-state index in [0.29, 0.717) is 44.0 Å². The maximum Gasteiger partial charge on any atom is 0.417 e. The summed E-state index contributed by atoms with van der Waals surface area (Å²) in [6, 6.07) is 1.18. The Kier molecular flexibility index (Phi) is 10.3. The minimum atomic E-state index is -4.51. The molecule has 2 aliphatic heterocycles. The molecule has 2 N–H and O–H groups in total. The Morgan fingerprint density at radius 2 is 2.02 bits per heavy atom. The number of amides is 3. The number of halogens is 3. The maximum absolute atomic E-state index is 14.3.